The Morgan fingerprint density at radius 3 is 2.81 bits per heavy atom. The Morgan fingerprint density at radius 2 is 2.10 bits per heavy atom. The lowest BCUT2D eigenvalue weighted by Gasteiger charge is -2.17. The van der Waals surface area contributed by atoms with E-state index in [-0.39, 0.29) is 11.9 Å². The molecule has 0 spiro atoms. The van der Waals surface area contributed by atoms with Crippen molar-refractivity contribution in [2.75, 3.05) is 0 Å². The number of benzene rings is 2. The van der Waals surface area contributed by atoms with Gasteiger partial charge in [0.2, 0.25) is 0 Å². The van der Waals surface area contributed by atoms with Crippen molar-refractivity contribution in [1.29, 1.82) is 0 Å². The van der Waals surface area contributed by atoms with Crippen molar-refractivity contribution >= 4 is 45.2 Å². The van der Waals surface area contributed by atoms with Crippen LogP contribution in [0.25, 0.3) is 11.0 Å². The molecule has 0 bridgehead atoms. The second kappa shape index (κ2) is 5.93. The molecule has 0 aliphatic heterocycles. The molecule has 2 nitrogen and oxygen atoms in total. The summed E-state index contributed by atoms with van der Waals surface area (Å²) in [5, 5.41) is 0. The van der Waals surface area contributed by atoms with Crippen LogP contribution in [-0.2, 0) is 5.88 Å². The van der Waals surface area contributed by atoms with Gasteiger partial charge in [-0.05, 0) is 65.4 Å². The second-order valence-corrected chi connectivity index (χ2v) is 6.41. The number of alkyl halides is 1. The first-order chi connectivity index (χ1) is 10.1. The van der Waals surface area contributed by atoms with Crippen LogP contribution in [0.1, 0.15) is 24.4 Å². The predicted octanol–water partition coefficient (Wildman–Crippen LogP) is 5.13. The van der Waals surface area contributed by atoms with Crippen LogP contribution in [0.4, 0.5) is 4.39 Å². The summed E-state index contributed by atoms with van der Waals surface area (Å²) in [5.41, 5.74) is 2.84. The average Bonchev–Trinajstić information content (AvgIpc) is 2.83. The van der Waals surface area contributed by atoms with Crippen molar-refractivity contribution in [1.82, 2.24) is 9.55 Å². The van der Waals surface area contributed by atoms with E-state index in [0.29, 0.717) is 5.88 Å². The maximum absolute atomic E-state index is 13.5. The van der Waals surface area contributed by atoms with E-state index in [1.54, 1.807) is 12.1 Å². The smallest absolute Gasteiger partial charge is 0.125 e. The molecule has 3 rings (SSSR count). The van der Waals surface area contributed by atoms with E-state index in [9.17, 15) is 4.39 Å². The largest absolute Gasteiger partial charge is 0.320 e. The van der Waals surface area contributed by atoms with Gasteiger partial charge in [0.1, 0.15) is 11.6 Å². The molecule has 108 valence electrons. The number of halogens is 3. The van der Waals surface area contributed by atoms with E-state index in [4.69, 9.17) is 11.6 Å². The number of nitrogens with zero attached hydrogens (tertiary/aromatic N) is 2. The topological polar surface area (TPSA) is 17.8 Å². The number of hydrogen-bond acceptors (Lipinski definition) is 1. The highest BCUT2D eigenvalue weighted by Gasteiger charge is 2.17. The number of aromatic nitrogens is 2. The molecule has 1 aromatic heterocycles. The molecule has 0 fully saturated rings. The van der Waals surface area contributed by atoms with Gasteiger partial charge in [-0.2, -0.15) is 0 Å². The van der Waals surface area contributed by atoms with Gasteiger partial charge in [0.25, 0.3) is 0 Å². The summed E-state index contributed by atoms with van der Waals surface area (Å²) >= 11 is 8.31. The van der Waals surface area contributed by atoms with Crippen molar-refractivity contribution in [2.24, 2.45) is 0 Å². The third-order valence-electron chi connectivity index (χ3n) is 3.56. The Kier molecular flexibility index (Phi) is 4.17. The molecule has 0 saturated heterocycles. The highest BCUT2D eigenvalue weighted by atomic mass is 127. The molecule has 3 aromatic rings. The van der Waals surface area contributed by atoms with Gasteiger partial charge in [-0.1, -0.05) is 12.1 Å². The summed E-state index contributed by atoms with van der Waals surface area (Å²) in [7, 11) is 0. The lowest BCUT2D eigenvalue weighted by molar-refractivity contribution is 0.603. The maximum atomic E-state index is 13.5. The molecule has 0 aliphatic carbocycles. The lowest BCUT2D eigenvalue weighted by Crippen LogP contribution is -2.10. The van der Waals surface area contributed by atoms with Gasteiger partial charge in [-0.3, -0.25) is 0 Å². The van der Waals surface area contributed by atoms with Crippen molar-refractivity contribution < 1.29 is 4.39 Å². The molecular weight excluding hydrogens is 402 g/mol. The molecule has 0 radical (unpaired) electrons. The van der Waals surface area contributed by atoms with E-state index in [1.807, 2.05) is 31.2 Å². The minimum Gasteiger partial charge on any atom is -0.320 e. The van der Waals surface area contributed by atoms with E-state index in [0.717, 1.165) is 26.0 Å². The van der Waals surface area contributed by atoms with Crippen LogP contribution in [0.5, 0.6) is 0 Å². The minimum absolute atomic E-state index is 0.0282. The lowest BCUT2D eigenvalue weighted by atomic mass is 10.1. The first-order valence-electron chi connectivity index (χ1n) is 6.58. The third-order valence-corrected chi connectivity index (χ3v) is 4.47. The van der Waals surface area contributed by atoms with Crippen molar-refractivity contribution in [3.63, 3.8) is 0 Å². The van der Waals surface area contributed by atoms with Gasteiger partial charge >= 0.3 is 0 Å². The number of hydrogen-bond donors (Lipinski definition) is 0. The molecule has 2 aromatic carbocycles. The first kappa shape index (κ1) is 14.8. The van der Waals surface area contributed by atoms with Gasteiger partial charge in [0.15, 0.2) is 0 Å². The zero-order valence-electron chi connectivity index (χ0n) is 11.4. The van der Waals surface area contributed by atoms with Gasteiger partial charge < -0.3 is 4.57 Å². The Bertz CT molecular complexity index is 800. The molecule has 5 heteroatoms. The summed E-state index contributed by atoms with van der Waals surface area (Å²) in [4.78, 5) is 4.59. The summed E-state index contributed by atoms with van der Waals surface area (Å²) in [6.45, 7) is 2.03. The fourth-order valence-electron chi connectivity index (χ4n) is 2.56. The number of fused-ring (bicyclic) bond motifs is 1. The molecule has 1 heterocycles. The summed E-state index contributed by atoms with van der Waals surface area (Å²) in [6.07, 6.45) is 0. The highest BCUT2D eigenvalue weighted by Crippen LogP contribution is 2.28. The molecule has 1 atom stereocenters. The quantitative estimate of drug-likeness (QED) is 0.429. The standard InChI is InChI=1S/C16H13ClFIN2/c1-10(11-3-2-4-12(18)7-11)21-15-6-5-13(19)8-14(15)20-16(21)9-17/h2-8,10H,9H2,1H3. The Morgan fingerprint density at radius 1 is 1.29 bits per heavy atom. The van der Waals surface area contributed by atoms with Gasteiger partial charge in [0.05, 0.1) is 23.0 Å². The molecule has 21 heavy (non-hydrogen) atoms. The van der Waals surface area contributed by atoms with Crippen LogP contribution < -0.4 is 0 Å². The Hall–Kier alpha value is -1.14. The summed E-state index contributed by atoms with van der Waals surface area (Å²) in [5.74, 6) is 0.890. The molecular formula is C16H13ClFIN2. The Balaban J connectivity index is 2.18. The normalized spacial score (nSPS) is 12.8. The SMILES string of the molecule is CC(c1cccc(F)c1)n1c(CCl)nc2cc(I)ccc21. The number of rotatable bonds is 3. The highest BCUT2D eigenvalue weighted by molar-refractivity contribution is 14.1. The van der Waals surface area contributed by atoms with E-state index < -0.39 is 0 Å². The van der Waals surface area contributed by atoms with Crippen molar-refractivity contribution in [2.45, 2.75) is 18.8 Å². The van der Waals surface area contributed by atoms with Gasteiger partial charge in [-0.15, -0.1) is 11.6 Å². The van der Waals surface area contributed by atoms with Gasteiger partial charge in [-0.25, -0.2) is 9.37 Å². The molecule has 0 N–H and O–H groups in total. The monoisotopic (exact) mass is 414 g/mol. The van der Waals surface area contributed by atoms with E-state index >= 15 is 0 Å². The minimum atomic E-state index is -0.231. The zero-order valence-corrected chi connectivity index (χ0v) is 14.3. The average molecular weight is 415 g/mol. The van der Waals surface area contributed by atoms with E-state index in [1.165, 1.54) is 6.07 Å². The van der Waals surface area contributed by atoms with Crippen LogP contribution in [0.3, 0.4) is 0 Å². The van der Waals surface area contributed by atoms with Crippen molar-refractivity contribution in [3.05, 3.63) is 63.2 Å². The molecule has 0 saturated carbocycles. The van der Waals surface area contributed by atoms with Crippen LogP contribution in [0.15, 0.2) is 42.5 Å². The molecule has 0 aliphatic rings. The number of imidazole rings is 1. The maximum Gasteiger partial charge on any atom is 0.125 e. The van der Waals surface area contributed by atoms with Crippen LogP contribution in [0, 0.1) is 9.39 Å². The van der Waals surface area contributed by atoms with E-state index in [2.05, 4.69) is 32.1 Å². The third kappa shape index (κ3) is 2.79. The first-order valence-corrected chi connectivity index (χ1v) is 8.19. The Labute approximate surface area is 141 Å². The van der Waals surface area contributed by atoms with Crippen LogP contribution in [0.2, 0.25) is 0 Å². The fraction of sp³-hybridized carbons (Fsp3) is 0.188. The van der Waals surface area contributed by atoms with Crippen LogP contribution in [-0.4, -0.2) is 9.55 Å². The fourth-order valence-corrected chi connectivity index (χ4v) is 3.23. The van der Waals surface area contributed by atoms with Crippen LogP contribution >= 0.6 is 34.2 Å². The second-order valence-electron chi connectivity index (χ2n) is 4.90. The predicted molar refractivity (Wildman–Crippen MR) is 92.2 cm³/mol. The summed E-state index contributed by atoms with van der Waals surface area (Å²) in [6, 6.07) is 12.7. The molecule has 1 unspecified atom stereocenters. The zero-order chi connectivity index (χ0) is 15.0. The molecule has 0 amide bonds. The van der Waals surface area contributed by atoms with Crippen molar-refractivity contribution in [3.8, 4) is 0 Å². The summed E-state index contributed by atoms with van der Waals surface area (Å²) < 4.78 is 16.7. The van der Waals surface area contributed by atoms with Gasteiger partial charge in [0, 0.05) is 3.57 Å².